The summed E-state index contributed by atoms with van der Waals surface area (Å²) in [6.07, 6.45) is 3.30. The largest absolute Gasteiger partial charge is 0.395 e. The van der Waals surface area contributed by atoms with Gasteiger partial charge in [0.05, 0.1) is 11.5 Å². The molecule has 3 N–H and O–H groups in total. The van der Waals surface area contributed by atoms with Crippen LogP contribution in [0.4, 0.5) is 0 Å². The Morgan fingerprint density at radius 3 is 2.85 bits per heavy atom. The Balaban J connectivity index is 1.71. The van der Waals surface area contributed by atoms with Gasteiger partial charge >= 0.3 is 0 Å². The lowest BCUT2D eigenvalue weighted by Crippen LogP contribution is -2.32. The van der Waals surface area contributed by atoms with Crippen LogP contribution in [0.2, 0.25) is 0 Å². The lowest BCUT2D eigenvalue weighted by molar-refractivity contribution is 0.0958. The lowest BCUT2D eigenvalue weighted by atomic mass is 9.71. The maximum Gasteiger partial charge on any atom is 0.261 e. The van der Waals surface area contributed by atoms with E-state index in [1.54, 1.807) is 0 Å². The quantitative estimate of drug-likeness (QED) is 0.679. The number of rotatable bonds is 6. The summed E-state index contributed by atoms with van der Waals surface area (Å²) in [4.78, 5) is 18.9. The summed E-state index contributed by atoms with van der Waals surface area (Å²) in [6, 6.07) is 4.20. The fourth-order valence-corrected chi connectivity index (χ4v) is 4.48. The van der Waals surface area contributed by atoms with Gasteiger partial charge in [-0.05, 0) is 48.3 Å². The second kappa shape index (κ2) is 8.03. The molecule has 0 aromatic carbocycles. The van der Waals surface area contributed by atoms with Gasteiger partial charge in [0, 0.05) is 30.7 Å². The number of pyridine rings is 1. The highest BCUT2D eigenvalue weighted by Crippen LogP contribution is 2.38. The minimum Gasteiger partial charge on any atom is -0.395 e. The number of nitrogens with zero attached hydrogens (tertiary/aromatic N) is 1. The molecule has 6 heteroatoms. The molecule has 1 aliphatic rings. The fraction of sp³-hybridized carbons (Fsp3) is 0.600. The molecular formula is C20H29N3O2S. The molecule has 3 rings (SSSR count). The summed E-state index contributed by atoms with van der Waals surface area (Å²) in [6.45, 7) is 8.80. The Kier molecular flexibility index (Phi) is 5.95. The Morgan fingerprint density at radius 1 is 1.31 bits per heavy atom. The molecule has 142 valence electrons. The molecule has 0 saturated heterocycles. The van der Waals surface area contributed by atoms with Gasteiger partial charge in [-0.25, -0.2) is 4.98 Å². The number of fused-ring (bicyclic) bond motifs is 2. The van der Waals surface area contributed by atoms with Crippen molar-refractivity contribution in [1.82, 2.24) is 15.6 Å². The first-order chi connectivity index (χ1) is 12.4. The van der Waals surface area contributed by atoms with E-state index in [-0.39, 0.29) is 12.5 Å². The van der Waals surface area contributed by atoms with Crippen molar-refractivity contribution in [2.75, 3.05) is 26.2 Å². The molecule has 0 saturated carbocycles. The van der Waals surface area contributed by atoms with Gasteiger partial charge in [-0.2, -0.15) is 0 Å². The van der Waals surface area contributed by atoms with E-state index >= 15 is 0 Å². The number of carbonyl (C=O) groups is 1. The molecule has 1 unspecified atom stereocenters. The van der Waals surface area contributed by atoms with Crippen molar-refractivity contribution in [2.45, 2.75) is 40.0 Å². The molecular weight excluding hydrogens is 346 g/mol. The second-order valence-corrected chi connectivity index (χ2v) is 9.17. The van der Waals surface area contributed by atoms with Crippen LogP contribution < -0.4 is 10.6 Å². The summed E-state index contributed by atoms with van der Waals surface area (Å²) < 4.78 is 0. The normalized spacial score (nSPS) is 17.3. The van der Waals surface area contributed by atoms with E-state index in [1.807, 2.05) is 6.07 Å². The number of aryl methyl sites for hydroxylation is 1. The number of carbonyl (C=O) groups excluding carboxylic acids is 1. The number of thiophene rings is 1. The first-order valence-corrected chi connectivity index (χ1v) is 10.2. The lowest BCUT2D eigenvalue weighted by Gasteiger charge is -2.34. The minimum atomic E-state index is -0.0515. The standard InChI is InChI=1S/C20H29N3O2S/c1-20(2,3)15-4-5-16-13(11-15)10-14-12-17(26-19(14)23-16)18(25)22-7-6-21-8-9-24/h10,12,15,21,24H,4-9,11H2,1-3H3,(H,22,25). The summed E-state index contributed by atoms with van der Waals surface area (Å²) in [5.74, 6) is 0.631. The molecule has 0 aliphatic heterocycles. The van der Waals surface area contributed by atoms with E-state index in [2.05, 4.69) is 37.5 Å². The second-order valence-electron chi connectivity index (χ2n) is 8.13. The topological polar surface area (TPSA) is 74.2 Å². The predicted molar refractivity (Wildman–Crippen MR) is 107 cm³/mol. The number of aliphatic hydroxyl groups excluding tert-OH is 1. The molecule has 26 heavy (non-hydrogen) atoms. The van der Waals surface area contributed by atoms with Crippen LogP contribution in [0.25, 0.3) is 10.2 Å². The van der Waals surface area contributed by atoms with Gasteiger partial charge in [-0.1, -0.05) is 20.8 Å². The Bertz CT molecular complexity index is 779. The predicted octanol–water partition coefficient (Wildman–Crippen LogP) is 2.76. The molecule has 5 nitrogen and oxygen atoms in total. The highest BCUT2D eigenvalue weighted by Gasteiger charge is 2.29. The van der Waals surface area contributed by atoms with E-state index in [0.717, 1.165) is 23.1 Å². The SMILES string of the molecule is CC(C)(C)C1CCc2nc3sc(C(=O)NCCNCCO)cc3cc2C1. The zero-order valence-corrected chi connectivity index (χ0v) is 16.7. The van der Waals surface area contributed by atoms with Gasteiger partial charge in [0.15, 0.2) is 0 Å². The molecule has 1 amide bonds. The van der Waals surface area contributed by atoms with Crippen LogP contribution in [0.5, 0.6) is 0 Å². The first kappa shape index (κ1) is 19.3. The van der Waals surface area contributed by atoms with E-state index in [4.69, 9.17) is 10.1 Å². The van der Waals surface area contributed by atoms with E-state index in [0.29, 0.717) is 35.8 Å². The molecule has 2 heterocycles. The number of amides is 1. The third-order valence-electron chi connectivity index (χ3n) is 5.20. The molecule has 0 radical (unpaired) electrons. The Labute approximate surface area is 159 Å². The third kappa shape index (κ3) is 4.42. The molecule has 2 aromatic heterocycles. The average molecular weight is 376 g/mol. The number of aromatic nitrogens is 1. The zero-order valence-electron chi connectivity index (χ0n) is 15.9. The smallest absolute Gasteiger partial charge is 0.261 e. The van der Waals surface area contributed by atoms with Crippen LogP contribution in [0.1, 0.15) is 48.1 Å². The van der Waals surface area contributed by atoms with E-state index in [9.17, 15) is 4.79 Å². The van der Waals surface area contributed by atoms with Gasteiger partial charge in [0.25, 0.3) is 5.91 Å². The maximum absolute atomic E-state index is 12.3. The number of aliphatic hydroxyl groups is 1. The van der Waals surface area contributed by atoms with Crippen LogP contribution in [0, 0.1) is 11.3 Å². The van der Waals surface area contributed by atoms with Crippen molar-refractivity contribution in [2.24, 2.45) is 11.3 Å². The van der Waals surface area contributed by atoms with Gasteiger partial charge in [0.2, 0.25) is 0 Å². The van der Waals surface area contributed by atoms with E-state index < -0.39 is 0 Å². The summed E-state index contributed by atoms with van der Waals surface area (Å²) in [5.41, 5.74) is 2.87. The van der Waals surface area contributed by atoms with Crippen LogP contribution in [-0.4, -0.2) is 42.2 Å². The van der Waals surface area contributed by atoms with Gasteiger partial charge in [-0.15, -0.1) is 11.3 Å². The number of hydrogen-bond donors (Lipinski definition) is 3. The number of nitrogens with one attached hydrogen (secondary N) is 2. The Hall–Kier alpha value is -1.50. The molecule has 0 spiro atoms. The average Bonchev–Trinajstić information content (AvgIpc) is 3.01. The highest BCUT2D eigenvalue weighted by atomic mass is 32.1. The van der Waals surface area contributed by atoms with Crippen molar-refractivity contribution in [1.29, 1.82) is 0 Å². The van der Waals surface area contributed by atoms with Crippen LogP contribution in [-0.2, 0) is 12.8 Å². The fourth-order valence-electron chi connectivity index (χ4n) is 3.53. The summed E-state index contributed by atoms with van der Waals surface area (Å²) in [5, 5.41) is 15.8. The summed E-state index contributed by atoms with van der Waals surface area (Å²) >= 11 is 1.47. The zero-order chi connectivity index (χ0) is 18.7. The van der Waals surface area contributed by atoms with Gasteiger partial charge in [0.1, 0.15) is 4.83 Å². The third-order valence-corrected chi connectivity index (χ3v) is 6.24. The molecule has 2 aromatic rings. The van der Waals surface area contributed by atoms with Crippen molar-refractivity contribution < 1.29 is 9.90 Å². The van der Waals surface area contributed by atoms with Crippen LogP contribution in [0.15, 0.2) is 12.1 Å². The van der Waals surface area contributed by atoms with Crippen molar-refractivity contribution in [3.05, 3.63) is 28.3 Å². The van der Waals surface area contributed by atoms with Crippen molar-refractivity contribution in [3.8, 4) is 0 Å². The van der Waals surface area contributed by atoms with E-state index in [1.165, 1.54) is 29.0 Å². The summed E-state index contributed by atoms with van der Waals surface area (Å²) in [7, 11) is 0. The molecule has 0 fully saturated rings. The van der Waals surface area contributed by atoms with Crippen LogP contribution >= 0.6 is 11.3 Å². The van der Waals surface area contributed by atoms with Crippen LogP contribution in [0.3, 0.4) is 0 Å². The minimum absolute atomic E-state index is 0.0515. The van der Waals surface area contributed by atoms with Crippen molar-refractivity contribution in [3.63, 3.8) is 0 Å². The monoisotopic (exact) mass is 375 g/mol. The van der Waals surface area contributed by atoms with Gasteiger partial charge in [-0.3, -0.25) is 4.79 Å². The Morgan fingerprint density at radius 2 is 2.12 bits per heavy atom. The van der Waals surface area contributed by atoms with Gasteiger partial charge < -0.3 is 15.7 Å². The molecule has 1 atom stereocenters. The maximum atomic E-state index is 12.3. The highest BCUT2D eigenvalue weighted by molar-refractivity contribution is 7.20. The van der Waals surface area contributed by atoms with Crippen molar-refractivity contribution >= 4 is 27.5 Å². The molecule has 0 bridgehead atoms. The number of hydrogen-bond acceptors (Lipinski definition) is 5. The first-order valence-electron chi connectivity index (χ1n) is 9.40. The molecule has 1 aliphatic carbocycles.